The summed E-state index contributed by atoms with van der Waals surface area (Å²) in [6.45, 7) is 0. The minimum absolute atomic E-state index is 0.0669. The second-order valence-corrected chi connectivity index (χ2v) is 6.11. The predicted octanol–water partition coefficient (Wildman–Crippen LogP) is 3.67. The van der Waals surface area contributed by atoms with Crippen LogP contribution in [0.3, 0.4) is 0 Å². The molecule has 1 aliphatic rings. The number of fused-ring (bicyclic) bond motifs is 1. The molecule has 0 unspecified atom stereocenters. The van der Waals surface area contributed by atoms with Crippen LogP contribution in [0, 0.1) is 3.57 Å². The molecule has 0 spiro atoms. The van der Waals surface area contributed by atoms with Crippen LogP contribution in [0.15, 0.2) is 39.7 Å². The summed E-state index contributed by atoms with van der Waals surface area (Å²) in [7, 11) is 0. The molecule has 1 aromatic carbocycles. The molecule has 4 rings (SSSR count). The van der Waals surface area contributed by atoms with Crippen LogP contribution in [0.5, 0.6) is 0 Å². The van der Waals surface area contributed by atoms with E-state index >= 15 is 0 Å². The van der Waals surface area contributed by atoms with Crippen molar-refractivity contribution < 1.29 is 4.42 Å². The van der Waals surface area contributed by atoms with Crippen LogP contribution in [-0.4, -0.2) is 9.97 Å². The van der Waals surface area contributed by atoms with Gasteiger partial charge in [0.05, 0.1) is 14.8 Å². The van der Waals surface area contributed by atoms with Crippen LogP contribution in [0.25, 0.3) is 22.4 Å². The standard InChI is InChI=1S/C15H11IN2O2/c16-12-13(8-5-6-8)17-14(18-15(12)19)10-7-20-11-4-2-1-3-9(10)11/h1-4,7-8H,5-6H2,(H,17,18,19). The minimum atomic E-state index is -0.0669. The summed E-state index contributed by atoms with van der Waals surface area (Å²) < 4.78 is 6.24. The van der Waals surface area contributed by atoms with Crippen molar-refractivity contribution >= 4 is 33.6 Å². The molecule has 20 heavy (non-hydrogen) atoms. The Morgan fingerprint density at radius 1 is 1.30 bits per heavy atom. The smallest absolute Gasteiger partial charge is 0.264 e. The summed E-state index contributed by atoms with van der Waals surface area (Å²) >= 11 is 2.08. The molecule has 0 aliphatic heterocycles. The van der Waals surface area contributed by atoms with Crippen molar-refractivity contribution in [2.45, 2.75) is 18.8 Å². The third-order valence-corrected chi connectivity index (χ3v) is 4.63. The van der Waals surface area contributed by atoms with E-state index in [1.165, 1.54) is 0 Å². The van der Waals surface area contributed by atoms with Gasteiger partial charge in [0.1, 0.15) is 17.7 Å². The normalized spacial score (nSPS) is 14.8. The number of nitrogens with zero attached hydrogens (tertiary/aromatic N) is 1. The second kappa shape index (κ2) is 4.44. The molecule has 1 N–H and O–H groups in total. The Balaban J connectivity index is 1.96. The number of hydrogen-bond donors (Lipinski definition) is 1. The van der Waals surface area contributed by atoms with Crippen molar-refractivity contribution in [3.63, 3.8) is 0 Å². The number of halogens is 1. The van der Waals surface area contributed by atoms with Crippen LogP contribution in [0.4, 0.5) is 0 Å². The Kier molecular flexibility index (Phi) is 2.70. The first-order valence-corrected chi connectivity index (χ1v) is 7.58. The van der Waals surface area contributed by atoms with Crippen molar-refractivity contribution in [1.29, 1.82) is 0 Å². The molecule has 2 heterocycles. The molecule has 0 saturated heterocycles. The third kappa shape index (κ3) is 1.88. The first-order valence-electron chi connectivity index (χ1n) is 6.50. The van der Waals surface area contributed by atoms with Gasteiger partial charge in [-0.2, -0.15) is 0 Å². The van der Waals surface area contributed by atoms with Crippen molar-refractivity contribution in [3.05, 3.63) is 50.1 Å². The van der Waals surface area contributed by atoms with Gasteiger partial charge in [-0.25, -0.2) is 4.98 Å². The molecule has 100 valence electrons. The van der Waals surface area contributed by atoms with E-state index < -0.39 is 0 Å². The zero-order chi connectivity index (χ0) is 13.7. The summed E-state index contributed by atoms with van der Waals surface area (Å²) in [5, 5.41) is 0.971. The van der Waals surface area contributed by atoms with E-state index in [1.807, 2.05) is 24.3 Å². The Morgan fingerprint density at radius 3 is 2.90 bits per heavy atom. The number of rotatable bonds is 2. The van der Waals surface area contributed by atoms with Crippen LogP contribution in [0.1, 0.15) is 24.5 Å². The van der Waals surface area contributed by atoms with Gasteiger partial charge in [-0.3, -0.25) is 4.79 Å². The van der Waals surface area contributed by atoms with Crippen LogP contribution in [-0.2, 0) is 0 Å². The lowest BCUT2D eigenvalue weighted by atomic mass is 10.1. The van der Waals surface area contributed by atoms with Gasteiger partial charge < -0.3 is 9.40 Å². The predicted molar refractivity (Wildman–Crippen MR) is 84.8 cm³/mol. The molecule has 5 heteroatoms. The SMILES string of the molecule is O=c1[nH]c(-c2coc3ccccc23)nc(C2CC2)c1I. The molecule has 1 fully saturated rings. The highest BCUT2D eigenvalue weighted by Gasteiger charge is 2.29. The van der Waals surface area contributed by atoms with Gasteiger partial charge in [0.2, 0.25) is 0 Å². The summed E-state index contributed by atoms with van der Waals surface area (Å²) in [5.41, 5.74) is 2.50. The summed E-state index contributed by atoms with van der Waals surface area (Å²) in [6.07, 6.45) is 3.91. The van der Waals surface area contributed by atoms with E-state index in [1.54, 1.807) is 6.26 Å². The molecule has 0 bridgehead atoms. The maximum atomic E-state index is 12.1. The Morgan fingerprint density at radius 2 is 2.10 bits per heavy atom. The van der Waals surface area contributed by atoms with E-state index in [4.69, 9.17) is 4.42 Å². The van der Waals surface area contributed by atoms with Gasteiger partial charge in [0.15, 0.2) is 0 Å². The fourth-order valence-corrected chi connectivity index (χ4v) is 3.09. The van der Waals surface area contributed by atoms with E-state index in [-0.39, 0.29) is 5.56 Å². The fourth-order valence-electron chi connectivity index (χ4n) is 2.39. The molecule has 1 saturated carbocycles. The number of benzene rings is 1. The van der Waals surface area contributed by atoms with Crippen molar-refractivity contribution in [2.24, 2.45) is 0 Å². The molecule has 1 aliphatic carbocycles. The summed E-state index contributed by atoms with van der Waals surface area (Å²) in [6, 6.07) is 7.76. The molecule has 0 amide bonds. The van der Waals surface area contributed by atoms with Crippen LogP contribution >= 0.6 is 22.6 Å². The highest BCUT2D eigenvalue weighted by Crippen LogP contribution is 2.41. The lowest BCUT2D eigenvalue weighted by Crippen LogP contribution is -2.15. The monoisotopic (exact) mass is 378 g/mol. The fraction of sp³-hybridized carbons (Fsp3) is 0.200. The van der Waals surface area contributed by atoms with Gasteiger partial charge in [-0.05, 0) is 41.5 Å². The number of aromatic nitrogens is 2. The number of hydrogen-bond acceptors (Lipinski definition) is 3. The number of aromatic amines is 1. The second-order valence-electron chi connectivity index (χ2n) is 5.03. The Hall–Kier alpha value is -1.63. The first-order chi connectivity index (χ1) is 9.74. The molecule has 4 nitrogen and oxygen atoms in total. The van der Waals surface area contributed by atoms with Gasteiger partial charge in [0, 0.05) is 11.3 Å². The first kappa shape index (κ1) is 12.1. The lowest BCUT2D eigenvalue weighted by molar-refractivity contribution is 0.616. The van der Waals surface area contributed by atoms with E-state index in [0.717, 1.165) is 35.1 Å². The molecule has 0 radical (unpaired) electrons. The Labute approximate surface area is 128 Å². The molecule has 0 atom stereocenters. The quantitative estimate of drug-likeness (QED) is 0.693. The van der Waals surface area contributed by atoms with Gasteiger partial charge in [-0.1, -0.05) is 18.2 Å². The summed E-state index contributed by atoms with van der Waals surface area (Å²) in [4.78, 5) is 19.6. The maximum absolute atomic E-state index is 12.1. The topological polar surface area (TPSA) is 58.9 Å². The molecule has 3 aromatic rings. The van der Waals surface area contributed by atoms with Crippen molar-refractivity contribution in [1.82, 2.24) is 9.97 Å². The van der Waals surface area contributed by atoms with Gasteiger partial charge >= 0.3 is 0 Å². The molecular weight excluding hydrogens is 367 g/mol. The number of H-pyrrole nitrogens is 1. The lowest BCUT2D eigenvalue weighted by Gasteiger charge is -2.04. The largest absolute Gasteiger partial charge is 0.464 e. The van der Waals surface area contributed by atoms with E-state index in [9.17, 15) is 4.79 Å². The highest BCUT2D eigenvalue weighted by molar-refractivity contribution is 14.1. The highest BCUT2D eigenvalue weighted by atomic mass is 127. The van der Waals surface area contributed by atoms with Crippen molar-refractivity contribution in [2.75, 3.05) is 0 Å². The summed E-state index contributed by atoms with van der Waals surface area (Å²) in [5.74, 6) is 1.04. The van der Waals surface area contributed by atoms with Gasteiger partial charge in [0.25, 0.3) is 5.56 Å². The minimum Gasteiger partial charge on any atom is -0.464 e. The zero-order valence-corrected chi connectivity index (χ0v) is 12.7. The maximum Gasteiger partial charge on any atom is 0.264 e. The number of nitrogens with one attached hydrogen (secondary N) is 1. The van der Waals surface area contributed by atoms with Crippen LogP contribution in [0.2, 0.25) is 0 Å². The zero-order valence-electron chi connectivity index (χ0n) is 10.5. The van der Waals surface area contributed by atoms with Crippen molar-refractivity contribution in [3.8, 4) is 11.4 Å². The van der Waals surface area contributed by atoms with Gasteiger partial charge in [-0.15, -0.1) is 0 Å². The third-order valence-electron chi connectivity index (χ3n) is 3.59. The number of para-hydroxylation sites is 1. The Bertz CT molecular complexity index is 862. The average molecular weight is 378 g/mol. The van der Waals surface area contributed by atoms with E-state index in [2.05, 4.69) is 32.6 Å². The molecular formula is C15H11IN2O2. The molecule has 2 aromatic heterocycles. The van der Waals surface area contributed by atoms with E-state index in [0.29, 0.717) is 15.3 Å². The van der Waals surface area contributed by atoms with Crippen LogP contribution < -0.4 is 5.56 Å². The number of furan rings is 1. The average Bonchev–Trinajstić information content (AvgIpc) is 3.21.